The summed E-state index contributed by atoms with van der Waals surface area (Å²) in [4.78, 5) is 27.6. The second-order valence-corrected chi connectivity index (χ2v) is 8.65. The third kappa shape index (κ3) is 4.90. The lowest BCUT2D eigenvalue weighted by Crippen LogP contribution is -2.25. The van der Waals surface area contributed by atoms with Crippen LogP contribution >= 0.6 is 0 Å². The first-order chi connectivity index (χ1) is 15.9. The van der Waals surface area contributed by atoms with Gasteiger partial charge < -0.3 is 20.1 Å². The summed E-state index contributed by atoms with van der Waals surface area (Å²) in [5.74, 6) is 0.720. The predicted octanol–water partition coefficient (Wildman–Crippen LogP) is 3.34. The zero-order chi connectivity index (χ0) is 23.5. The summed E-state index contributed by atoms with van der Waals surface area (Å²) in [5, 5.41) is 17.6. The third-order valence-electron chi connectivity index (χ3n) is 5.78. The van der Waals surface area contributed by atoms with Gasteiger partial charge in [0.1, 0.15) is 16.9 Å². The smallest absolute Gasteiger partial charge is 0.308 e. The highest BCUT2D eigenvalue weighted by Crippen LogP contribution is 2.32. The number of nitrogens with one attached hydrogen (secondary N) is 1. The molecule has 1 atom stereocenters. The lowest BCUT2D eigenvalue weighted by Gasteiger charge is -2.18. The second kappa shape index (κ2) is 9.70. The zero-order valence-corrected chi connectivity index (χ0v) is 19.6. The Balaban J connectivity index is 1.82. The van der Waals surface area contributed by atoms with Gasteiger partial charge in [0, 0.05) is 25.9 Å². The summed E-state index contributed by atoms with van der Waals surface area (Å²) in [6.45, 7) is 10.8. The summed E-state index contributed by atoms with van der Waals surface area (Å²) in [6.07, 6.45) is 2.37. The molecular formula is C23H31N7O3. The Morgan fingerprint density at radius 3 is 2.79 bits per heavy atom. The highest BCUT2D eigenvalue weighted by Gasteiger charge is 2.31. The monoisotopic (exact) mass is 453 g/mol. The van der Waals surface area contributed by atoms with Gasteiger partial charge in [-0.25, -0.2) is 9.97 Å². The van der Waals surface area contributed by atoms with Gasteiger partial charge in [-0.2, -0.15) is 10.1 Å². The van der Waals surface area contributed by atoms with E-state index in [0.717, 1.165) is 22.3 Å². The fourth-order valence-electron chi connectivity index (χ4n) is 3.97. The van der Waals surface area contributed by atoms with Crippen LogP contribution in [0.25, 0.3) is 11.0 Å². The molecule has 0 aliphatic carbocycles. The van der Waals surface area contributed by atoms with Crippen LogP contribution in [0, 0.1) is 12.8 Å². The summed E-state index contributed by atoms with van der Waals surface area (Å²) < 4.78 is 7.46. The van der Waals surface area contributed by atoms with Crippen LogP contribution < -0.4 is 10.2 Å². The number of aromatic nitrogens is 5. The Labute approximate surface area is 193 Å². The van der Waals surface area contributed by atoms with Crippen LogP contribution in [0.2, 0.25) is 0 Å². The second-order valence-electron chi connectivity index (χ2n) is 8.65. The van der Waals surface area contributed by atoms with E-state index in [0.29, 0.717) is 56.9 Å². The molecule has 1 aliphatic rings. The molecule has 1 fully saturated rings. The molecule has 0 saturated carbocycles. The van der Waals surface area contributed by atoms with Crippen molar-refractivity contribution in [3.63, 3.8) is 0 Å². The molecule has 4 heterocycles. The van der Waals surface area contributed by atoms with E-state index in [1.807, 2.05) is 35.6 Å². The van der Waals surface area contributed by atoms with Gasteiger partial charge in [-0.1, -0.05) is 19.9 Å². The topological polar surface area (TPSA) is 118 Å². The Kier molecular flexibility index (Phi) is 6.73. The van der Waals surface area contributed by atoms with Crippen molar-refractivity contribution < 1.29 is 14.6 Å². The van der Waals surface area contributed by atoms with E-state index >= 15 is 0 Å². The summed E-state index contributed by atoms with van der Waals surface area (Å²) in [5.41, 5.74) is 3.49. The number of carbonyl (C=O) groups is 1. The van der Waals surface area contributed by atoms with Crippen molar-refractivity contribution >= 4 is 34.6 Å². The zero-order valence-electron chi connectivity index (χ0n) is 19.6. The van der Waals surface area contributed by atoms with E-state index in [9.17, 15) is 9.90 Å². The molecule has 0 radical (unpaired) electrons. The molecule has 0 amide bonds. The SMILES string of the molecule is CCOCCn1nc(C(C)C)c2nc(N3CC[C@H](C(=O)O)C3)nc(Nc3ccc(C)cn3)c21. The van der Waals surface area contributed by atoms with Gasteiger partial charge in [-0.15, -0.1) is 0 Å². The number of aryl methyl sites for hydroxylation is 1. The maximum Gasteiger partial charge on any atom is 0.308 e. The lowest BCUT2D eigenvalue weighted by atomic mass is 10.1. The first-order valence-corrected chi connectivity index (χ1v) is 11.4. The van der Waals surface area contributed by atoms with Crippen LogP contribution in [0.1, 0.15) is 44.4 Å². The Hall–Kier alpha value is -3.27. The number of ether oxygens (including phenoxy) is 1. The maximum absolute atomic E-state index is 11.5. The average Bonchev–Trinajstić information content (AvgIpc) is 3.41. The number of hydrogen-bond acceptors (Lipinski definition) is 8. The van der Waals surface area contributed by atoms with Gasteiger partial charge in [0.25, 0.3) is 0 Å². The molecule has 10 heteroatoms. The molecule has 4 rings (SSSR count). The van der Waals surface area contributed by atoms with Crippen LogP contribution in [0.5, 0.6) is 0 Å². The Morgan fingerprint density at radius 2 is 2.15 bits per heavy atom. The number of pyridine rings is 1. The van der Waals surface area contributed by atoms with E-state index in [4.69, 9.17) is 19.8 Å². The minimum atomic E-state index is -0.785. The van der Waals surface area contributed by atoms with Gasteiger partial charge in [-0.05, 0) is 37.8 Å². The number of anilines is 3. The summed E-state index contributed by atoms with van der Waals surface area (Å²) in [6, 6.07) is 3.89. The number of fused-ring (bicyclic) bond motifs is 1. The quantitative estimate of drug-likeness (QED) is 0.470. The molecule has 3 aromatic rings. The first kappa shape index (κ1) is 22.9. The van der Waals surface area contributed by atoms with Gasteiger partial charge in [-0.3, -0.25) is 9.48 Å². The lowest BCUT2D eigenvalue weighted by molar-refractivity contribution is -0.140. The minimum Gasteiger partial charge on any atom is -0.481 e. The van der Waals surface area contributed by atoms with Crippen molar-refractivity contribution in [3.05, 3.63) is 29.6 Å². The molecule has 1 aliphatic heterocycles. The van der Waals surface area contributed by atoms with Gasteiger partial charge in [0.15, 0.2) is 5.82 Å². The van der Waals surface area contributed by atoms with Gasteiger partial charge in [0.2, 0.25) is 5.95 Å². The summed E-state index contributed by atoms with van der Waals surface area (Å²) >= 11 is 0. The molecular weight excluding hydrogens is 422 g/mol. The molecule has 0 unspecified atom stereocenters. The Bertz CT molecular complexity index is 1130. The average molecular weight is 454 g/mol. The van der Waals surface area contributed by atoms with Crippen molar-refractivity contribution in [2.45, 2.75) is 46.6 Å². The third-order valence-corrected chi connectivity index (χ3v) is 5.78. The predicted molar refractivity (Wildman–Crippen MR) is 126 cm³/mol. The van der Waals surface area contributed by atoms with Crippen molar-refractivity contribution in [1.82, 2.24) is 24.7 Å². The highest BCUT2D eigenvalue weighted by atomic mass is 16.5. The molecule has 2 N–H and O–H groups in total. The van der Waals surface area contributed by atoms with Crippen LogP contribution in [-0.4, -0.2) is 62.1 Å². The standard InChI is InChI=1S/C23H31N7O3/c1-5-33-11-10-30-20-19(18(28-30)14(2)3)26-23(29-9-8-16(13-29)22(31)32)27-21(20)25-17-7-6-15(4)12-24-17/h6-7,12,14,16H,5,8-11,13H2,1-4H3,(H,31,32)(H,24,25,26,27)/t16-/m0/s1. The molecule has 1 saturated heterocycles. The van der Waals surface area contributed by atoms with Crippen molar-refractivity contribution in [2.24, 2.45) is 5.92 Å². The van der Waals surface area contributed by atoms with E-state index < -0.39 is 11.9 Å². The Morgan fingerprint density at radius 1 is 1.33 bits per heavy atom. The maximum atomic E-state index is 11.5. The van der Waals surface area contributed by atoms with Crippen LogP contribution in [0.15, 0.2) is 18.3 Å². The van der Waals surface area contributed by atoms with Crippen LogP contribution in [0.3, 0.4) is 0 Å². The van der Waals surface area contributed by atoms with Crippen LogP contribution in [0.4, 0.5) is 17.6 Å². The minimum absolute atomic E-state index is 0.152. The molecule has 3 aromatic heterocycles. The van der Waals surface area contributed by atoms with E-state index in [2.05, 4.69) is 24.1 Å². The van der Waals surface area contributed by atoms with E-state index in [1.165, 1.54) is 0 Å². The fourth-order valence-corrected chi connectivity index (χ4v) is 3.97. The molecule has 0 aromatic carbocycles. The van der Waals surface area contributed by atoms with Crippen LogP contribution in [-0.2, 0) is 16.1 Å². The number of rotatable bonds is 9. The molecule has 176 valence electrons. The number of carboxylic acid groups (broad SMARTS) is 1. The molecule has 10 nitrogen and oxygen atoms in total. The number of hydrogen-bond donors (Lipinski definition) is 2. The molecule has 33 heavy (non-hydrogen) atoms. The van der Waals surface area contributed by atoms with Crippen molar-refractivity contribution in [2.75, 3.05) is 36.5 Å². The number of nitrogens with zero attached hydrogens (tertiary/aromatic N) is 6. The van der Waals surface area contributed by atoms with E-state index in [1.54, 1.807) is 6.20 Å². The summed E-state index contributed by atoms with van der Waals surface area (Å²) in [7, 11) is 0. The van der Waals surface area contributed by atoms with Crippen molar-refractivity contribution in [3.8, 4) is 0 Å². The van der Waals surface area contributed by atoms with E-state index in [-0.39, 0.29) is 5.92 Å². The number of aliphatic carboxylic acids is 1. The number of carboxylic acids is 1. The highest BCUT2D eigenvalue weighted by molar-refractivity contribution is 5.90. The molecule has 0 spiro atoms. The molecule has 0 bridgehead atoms. The fraction of sp³-hybridized carbons (Fsp3) is 0.522. The van der Waals surface area contributed by atoms with Gasteiger partial charge >= 0.3 is 5.97 Å². The van der Waals surface area contributed by atoms with Gasteiger partial charge in [0.05, 0.1) is 24.8 Å². The van der Waals surface area contributed by atoms with Crippen molar-refractivity contribution in [1.29, 1.82) is 0 Å². The largest absolute Gasteiger partial charge is 0.481 e. The first-order valence-electron chi connectivity index (χ1n) is 11.4. The normalized spacial score (nSPS) is 16.2.